The van der Waals surface area contributed by atoms with Crippen molar-refractivity contribution in [2.24, 2.45) is 5.92 Å². The van der Waals surface area contributed by atoms with E-state index in [1.165, 1.54) is 18.9 Å². The average molecular weight is 378 g/mol. The van der Waals surface area contributed by atoms with E-state index in [0.29, 0.717) is 23.9 Å². The zero-order chi connectivity index (χ0) is 18.5. The van der Waals surface area contributed by atoms with Gasteiger partial charge >= 0.3 is 5.97 Å². The Morgan fingerprint density at radius 3 is 2.81 bits per heavy atom. The summed E-state index contributed by atoms with van der Waals surface area (Å²) in [5, 5.41) is 0.784. The zero-order valence-electron chi connectivity index (χ0n) is 15.2. The van der Waals surface area contributed by atoms with Gasteiger partial charge in [-0.2, -0.15) is 0 Å². The van der Waals surface area contributed by atoms with Crippen molar-refractivity contribution < 1.29 is 14.3 Å². The van der Waals surface area contributed by atoms with E-state index in [-0.39, 0.29) is 17.9 Å². The molecule has 1 aromatic heterocycles. The van der Waals surface area contributed by atoms with Crippen LogP contribution in [0.1, 0.15) is 36.0 Å². The molecule has 3 rings (SSSR count). The Bertz CT molecular complexity index is 649. The standard InChI is InChI=1S/C18H26N4O3S/c1-25-16(23)11-13-10-15(21-20-13)12-5-8-22(9-6-12)18(24)14-4-3-7-19-17(14)26-2/h3-4,7,12-13,15,20-21H,5-6,8-11H2,1-2H3. The van der Waals surface area contributed by atoms with Crippen molar-refractivity contribution in [1.82, 2.24) is 20.7 Å². The van der Waals surface area contributed by atoms with Crippen molar-refractivity contribution in [2.45, 2.75) is 42.8 Å². The maximum Gasteiger partial charge on any atom is 0.307 e. The fraction of sp³-hybridized carbons (Fsp3) is 0.611. The first-order valence-electron chi connectivity index (χ1n) is 8.98. The van der Waals surface area contributed by atoms with Crippen LogP contribution in [0.25, 0.3) is 0 Å². The number of pyridine rings is 1. The summed E-state index contributed by atoms with van der Waals surface area (Å²) in [6, 6.07) is 4.12. The summed E-state index contributed by atoms with van der Waals surface area (Å²) in [4.78, 5) is 30.4. The fourth-order valence-corrected chi connectivity index (χ4v) is 4.31. The Balaban J connectivity index is 1.52. The number of aromatic nitrogens is 1. The molecule has 7 nitrogen and oxygen atoms in total. The van der Waals surface area contributed by atoms with Gasteiger partial charge in [0, 0.05) is 31.4 Å². The van der Waals surface area contributed by atoms with Gasteiger partial charge in [0.2, 0.25) is 0 Å². The molecule has 2 aliphatic heterocycles. The number of carbonyl (C=O) groups excluding carboxylic acids is 2. The van der Waals surface area contributed by atoms with Gasteiger partial charge in [0.15, 0.2) is 0 Å². The highest BCUT2D eigenvalue weighted by atomic mass is 32.2. The van der Waals surface area contributed by atoms with Gasteiger partial charge in [-0.15, -0.1) is 11.8 Å². The number of nitrogens with one attached hydrogen (secondary N) is 2. The minimum Gasteiger partial charge on any atom is -0.469 e. The number of rotatable bonds is 5. The molecule has 26 heavy (non-hydrogen) atoms. The number of ether oxygens (including phenoxy) is 1. The van der Waals surface area contributed by atoms with Gasteiger partial charge < -0.3 is 9.64 Å². The van der Waals surface area contributed by atoms with Gasteiger partial charge in [-0.25, -0.2) is 4.98 Å². The van der Waals surface area contributed by atoms with Gasteiger partial charge in [0.1, 0.15) is 5.03 Å². The lowest BCUT2D eigenvalue weighted by Gasteiger charge is -2.34. The predicted molar refractivity (Wildman–Crippen MR) is 99.7 cm³/mol. The Morgan fingerprint density at radius 1 is 1.35 bits per heavy atom. The van der Waals surface area contributed by atoms with E-state index in [1.807, 2.05) is 23.3 Å². The topological polar surface area (TPSA) is 83.6 Å². The summed E-state index contributed by atoms with van der Waals surface area (Å²) in [5.74, 6) is 0.386. The van der Waals surface area contributed by atoms with E-state index >= 15 is 0 Å². The molecule has 1 amide bonds. The third kappa shape index (κ3) is 4.36. The van der Waals surface area contributed by atoms with E-state index in [1.54, 1.807) is 6.20 Å². The van der Waals surface area contributed by atoms with E-state index < -0.39 is 0 Å². The van der Waals surface area contributed by atoms with Crippen molar-refractivity contribution in [3.8, 4) is 0 Å². The number of hydrogen-bond acceptors (Lipinski definition) is 7. The van der Waals surface area contributed by atoms with Crippen LogP contribution in [-0.4, -0.2) is 60.3 Å². The number of amides is 1. The van der Waals surface area contributed by atoms with Crippen molar-refractivity contribution >= 4 is 23.6 Å². The molecule has 0 radical (unpaired) electrons. The molecular formula is C18H26N4O3S. The molecule has 3 heterocycles. The largest absolute Gasteiger partial charge is 0.469 e. The van der Waals surface area contributed by atoms with Gasteiger partial charge in [0.05, 0.1) is 19.1 Å². The summed E-state index contributed by atoms with van der Waals surface area (Å²) in [6.45, 7) is 1.51. The highest BCUT2D eigenvalue weighted by molar-refractivity contribution is 7.98. The summed E-state index contributed by atoms with van der Waals surface area (Å²) in [5.41, 5.74) is 7.22. The van der Waals surface area contributed by atoms with Crippen LogP contribution in [0.2, 0.25) is 0 Å². The predicted octanol–water partition coefficient (Wildman–Crippen LogP) is 1.45. The normalized spacial score (nSPS) is 23.8. The highest BCUT2D eigenvalue weighted by Gasteiger charge is 2.34. The number of likely N-dealkylation sites (tertiary alicyclic amines) is 1. The number of piperidine rings is 1. The first-order valence-corrected chi connectivity index (χ1v) is 10.2. The monoisotopic (exact) mass is 378 g/mol. The van der Waals surface area contributed by atoms with Gasteiger partial charge in [-0.1, -0.05) is 0 Å². The molecule has 2 atom stereocenters. The van der Waals surface area contributed by atoms with Crippen LogP contribution in [0.5, 0.6) is 0 Å². The number of carbonyl (C=O) groups is 2. The molecule has 2 fully saturated rings. The van der Waals surface area contributed by atoms with Crippen LogP contribution in [-0.2, 0) is 9.53 Å². The Labute approximate surface area is 158 Å². The summed E-state index contributed by atoms with van der Waals surface area (Å²) in [6.07, 6.45) is 6.88. The van der Waals surface area contributed by atoms with Crippen molar-refractivity contribution in [2.75, 3.05) is 26.5 Å². The molecule has 8 heteroatoms. The molecule has 2 unspecified atom stereocenters. The second kappa shape index (κ2) is 8.83. The van der Waals surface area contributed by atoms with Crippen LogP contribution >= 0.6 is 11.8 Å². The maximum absolute atomic E-state index is 12.8. The molecule has 2 N–H and O–H groups in total. The summed E-state index contributed by atoms with van der Waals surface area (Å²) in [7, 11) is 1.42. The second-order valence-electron chi connectivity index (χ2n) is 6.80. The molecule has 1 aromatic rings. The second-order valence-corrected chi connectivity index (χ2v) is 7.59. The Kier molecular flexibility index (Phi) is 6.50. The van der Waals surface area contributed by atoms with Crippen molar-refractivity contribution in [1.29, 1.82) is 0 Å². The molecule has 0 aliphatic carbocycles. The molecule has 142 valence electrons. The van der Waals surface area contributed by atoms with E-state index in [2.05, 4.69) is 15.8 Å². The Hall–Kier alpha value is -1.64. The van der Waals surface area contributed by atoms with Gasteiger partial charge in [-0.3, -0.25) is 20.4 Å². The SMILES string of the molecule is COC(=O)CC1CC(C2CCN(C(=O)c3cccnc3SC)CC2)NN1. The quantitative estimate of drug-likeness (QED) is 0.593. The van der Waals surface area contributed by atoms with E-state index in [4.69, 9.17) is 4.74 Å². The minimum absolute atomic E-state index is 0.0713. The van der Waals surface area contributed by atoms with Crippen LogP contribution in [0, 0.1) is 5.92 Å². The molecular weight excluding hydrogens is 352 g/mol. The lowest BCUT2D eigenvalue weighted by Crippen LogP contribution is -2.44. The third-order valence-corrected chi connectivity index (χ3v) is 5.95. The molecule has 0 spiro atoms. The highest BCUT2D eigenvalue weighted by Crippen LogP contribution is 2.27. The van der Waals surface area contributed by atoms with Crippen LogP contribution in [0.4, 0.5) is 0 Å². The Morgan fingerprint density at radius 2 is 2.12 bits per heavy atom. The van der Waals surface area contributed by atoms with E-state index in [0.717, 1.165) is 37.4 Å². The summed E-state index contributed by atoms with van der Waals surface area (Å²) < 4.78 is 4.74. The van der Waals surface area contributed by atoms with Crippen molar-refractivity contribution in [3.63, 3.8) is 0 Å². The smallest absolute Gasteiger partial charge is 0.307 e. The summed E-state index contributed by atoms with van der Waals surface area (Å²) >= 11 is 1.50. The number of hydrogen-bond donors (Lipinski definition) is 2. The number of methoxy groups -OCH3 is 1. The van der Waals surface area contributed by atoms with Gasteiger partial charge in [-0.05, 0) is 43.6 Å². The van der Waals surface area contributed by atoms with Crippen LogP contribution in [0.15, 0.2) is 23.4 Å². The first-order chi connectivity index (χ1) is 12.6. The number of nitrogens with zero attached hydrogens (tertiary/aromatic N) is 2. The van der Waals surface area contributed by atoms with Gasteiger partial charge in [0.25, 0.3) is 5.91 Å². The molecule has 2 aliphatic rings. The lowest BCUT2D eigenvalue weighted by molar-refractivity contribution is -0.141. The molecule has 2 saturated heterocycles. The fourth-order valence-electron chi connectivity index (χ4n) is 3.77. The zero-order valence-corrected chi connectivity index (χ0v) is 16.1. The van der Waals surface area contributed by atoms with E-state index in [9.17, 15) is 9.59 Å². The van der Waals surface area contributed by atoms with Crippen LogP contribution in [0.3, 0.4) is 0 Å². The minimum atomic E-state index is -0.188. The number of hydrazine groups is 1. The molecule has 0 aromatic carbocycles. The average Bonchev–Trinajstić information content (AvgIpc) is 3.15. The van der Waals surface area contributed by atoms with Crippen molar-refractivity contribution in [3.05, 3.63) is 23.9 Å². The maximum atomic E-state index is 12.8. The molecule has 0 bridgehead atoms. The first kappa shape index (κ1) is 19.1. The third-order valence-electron chi connectivity index (χ3n) is 5.24. The molecule has 0 saturated carbocycles. The number of esters is 1. The van der Waals surface area contributed by atoms with Crippen LogP contribution < -0.4 is 10.9 Å². The lowest BCUT2D eigenvalue weighted by atomic mass is 9.87. The number of thioether (sulfide) groups is 1.